The van der Waals surface area contributed by atoms with Crippen LogP contribution >= 0.6 is 0 Å². The van der Waals surface area contributed by atoms with Gasteiger partial charge >= 0.3 is 0 Å². The minimum atomic E-state index is -0.361. The lowest BCUT2D eigenvalue weighted by Crippen LogP contribution is -2.30. The molecule has 0 bridgehead atoms. The molecule has 1 heterocycles. The topological polar surface area (TPSA) is 51.1 Å². The molecule has 4 heteroatoms. The molecule has 0 fully saturated rings. The van der Waals surface area contributed by atoms with E-state index in [1.54, 1.807) is 14.0 Å². The van der Waals surface area contributed by atoms with Gasteiger partial charge in [-0.2, -0.15) is 0 Å². The van der Waals surface area contributed by atoms with Gasteiger partial charge in [0.1, 0.15) is 5.56 Å². The number of aryl methyl sites for hydroxylation is 4. The van der Waals surface area contributed by atoms with E-state index in [0.717, 1.165) is 22.5 Å². The summed E-state index contributed by atoms with van der Waals surface area (Å²) in [7, 11) is 1.67. The van der Waals surface area contributed by atoms with Gasteiger partial charge < -0.3 is 9.88 Å². The third-order valence-electron chi connectivity index (χ3n) is 3.72. The SMILES string of the molecule is Cc1ccc(NC(=O)c2c(C)cc(C)n(C)c2=O)c(C)c1. The fourth-order valence-corrected chi connectivity index (χ4v) is 2.39. The van der Waals surface area contributed by atoms with E-state index in [9.17, 15) is 9.59 Å². The second-order valence-corrected chi connectivity index (χ2v) is 5.48. The first-order valence-corrected chi connectivity index (χ1v) is 6.87. The van der Waals surface area contributed by atoms with Crippen molar-refractivity contribution in [2.75, 3.05) is 5.32 Å². The molecular weight excluding hydrogens is 264 g/mol. The number of benzene rings is 1. The van der Waals surface area contributed by atoms with Crippen molar-refractivity contribution in [1.82, 2.24) is 4.57 Å². The predicted octanol–water partition coefficient (Wildman–Crippen LogP) is 2.87. The van der Waals surface area contributed by atoms with Crippen LogP contribution in [-0.4, -0.2) is 10.5 Å². The van der Waals surface area contributed by atoms with Crippen molar-refractivity contribution in [3.8, 4) is 0 Å². The quantitative estimate of drug-likeness (QED) is 0.922. The van der Waals surface area contributed by atoms with Crippen LogP contribution in [0.2, 0.25) is 0 Å². The Labute approximate surface area is 124 Å². The number of rotatable bonds is 2. The Balaban J connectivity index is 2.42. The van der Waals surface area contributed by atoms with Gasteiger partial charge in [0.2, 0.25) is 0 Å². The van der Waals surface area contributed by atoms with E-state index < -0.39 is 0 Å². The molecule has 0 aliphatic carbocycles. The molecule has 1 aromatic carbocycles. The Morgan fingerprint density at radius 3 is 2.33 bits per heavy atom. The van der Waals surface area contributed by atoms with E-state index in [1.807, 2.05) is 45.0 Å². The average Bonchev–Trinajstić information content (AvgIpc) is 2.39. The molecule has 0 unspecified atom stereocenters. The molecule has 1 amide bonds. The van der Waals surface area contributed by atoms with E-state index in [-0.39, 0.29) is 17.0 Å². The summed E-state index contributed by atoms with van der Waals surface area (Å²) in [5.74, 6) is -0.361. The van der Waals surface area contributed by atoms with Crippen LogP contribution in [0.15, 0.2) is 29.1 Å². The van der Waals surface area contributed by atoms with E-state index >= 15 is 0 Å². The zero-order valence-electron chi connectivity index (χ0n) is 13.1. The van der Waals surface area contributed by atoms with Crippen molar-refractivity contribution in [2.45, 2.75) is 27.7 Å². The number of anilines is 1. The lowest BCUT2D eigenvalue weighted by molar-refractivity contribution is 0.102. The Bertz CT molecular complexity index is 773. The highest BCUT2D eigenvalue weighted by atomic mass is 16.2. The normalized spacial score (nSPS) is 10.5. The van der Waals surface area contributed by atoms with Gasteiger partial charge in [0.15, 0.2) is 0 Å². The summed E-state index contributed by atoms with van der Waals surface area (Å²) >= 11 is 0. The highest BCUT2D eigenvalue weighted by Gasteiger charge is 2.17. The number of pyridine rings is 1. The number of hydrogen-bond acceptors (Lipinski definition) is 2. The number of nitrogens with zero attached hydrogens (tertiary/aromatic N) is 1. The zero-order valence-corrected chi connectivity index (χ0v) is 13.1. The van der Waals surface area contributed by atoms with Gasteiger partial charge in [-0.15, -0.1) is 0 Å². The third-order valence-corrected chi connectivity index (χ3v) is 3.72. The number of hydrogen-bond donors (Lipinski definition) is 1. The maximum Gasteiger partial charge on any atom is 0.263 e. The van der Waals surface area contributed by atoms with Crippen LogP contribution in [0.3, 0.4) is 0 Å². The lowest BCUT2D eigenvalue weighted by Gasteiger charge is -2.12. The first kappa shape index (κ1) is 15.0. The molecule has 110 valence electrons. The van der Waals surface area contributed by atoms with Crippen molar-refractivity contribution in [3.05, 3.63) is 62.6 Å². The second kappa shape index (κ2) is 5.56. The van der Waals surface area contributed by atoms with Crippen LogP contribution in [0.5, 0.6) is 0 Å². The first-order chi connectivity index (χ1) is 9.81. The summed E-state index contributed by atoms with van der Waals surface area (Å²) in [5, 5.41) is 2.83. The molecule has 2 rings (SSSR count). The summed E-state index contributed by atoms with van der Waals surface area (Å²) < 4.78 is 1.49. The predicted molar refractivity (Wildman–Crippen MR) is 85.0 cm³/mol. The molecule has 1 N–H and O–H groups in total. The van der Waals surface area contributed by atoms with Crippen molar-refractivity contribution in [2.24, 2.45) is 7.05 Å². The molecule has 2 aromatic rings. The number of carbonyl (C=O) groups excluding carboxylic acids is 1. The minimum Gasteiger partial charge on any atom is -0.322 e. The van der Waals surface area contributed by atoms with Crippen LogP contribution in [-0.2, 0) is 7.05 Å². The van der Waals surface area contributed by atoms with E-state index in [4.69, 9.17) is 0 Å². The molecular formula is C17H20N2O2. The Morgan fingerprint density at radius 2 is 1.71 bits per heavy atom. The summed E-state index contributed by atoms with van der Waals surface area (Å²) in [5.41, 5.74) is 4.29. The molecule has 21 heavy (non-hydrogen) atoms. The molecule has 0 atom stereocenters. The molecule has 0 saturated carbocycles. The van der Waals surface area contributed by atoms with Crippen molar-refractivity contribution in [3.63, 3.8) is 0 Å². The summed E-state index contributed by atoms with van der Waals surface area (Å²) in [6.07, 6.45) is 0. The number of carbonyl (C=O) groups is 1. The average molecular weight is 284 g/mol. The highest BCUT2D eigenvalue weighted by molar-refractivity contribution is 6.05. The Hall–Kier alpha value is -2.36. The van der Waals surface area contributed by atoms with Crippen LogP contribution in [0.25, 0.3) is 0 Å². The van der Waals surface area contributed by atoms with Gasteiger partial charge in [0.25, 0.3) is 11.5 Å². The third kappa shape index (κ3) is 2.89. The van der Waals surface area contributed by atoms with Gasteiger partial charge in [-0.3, -0.25) is 9.59 Å². The lowest BCUT2D eigenvalue weighted by atomic mass is 10.1. The van der Waals surface area contributed by atoms with Gasteiger partial charge in [0.05, 0.1) is 0 Å². The standard InChI is InChI=1S/C17H20N2O2/c1-10-6-7-14(11(2)8-10)18-16(20)15-12(3)9-13(4)19(5)17(15)21/h6-9H,1-5H3,(H,18,20). The van der Waals surface area contributed by atoms with Crippen LogP contribution < -0.4 is 10.9 Å². The molecule has 0 saturated heterocycles. The van der Waals surface area contributed by atoms with Crippen LogP contribution in [0.1, 0.15) is 32.7 Å². The van der Waals surface area contributed by atoms with Crippen molar-refractivity contribution in [1.29, 1.82) is 0 Å². The maximum atomic E-state index is 12.4. The van der Waals surface area contributed by atoms with Gasteiger partial charge in [-0.1, -0.05) is 17.7 Å². The van der Waals surface area contributed by atoms with E-state index in [0.29, 0.717) is 5.56 Å². The van der Waals surface area contributed by atoms with Gasteiger partial charge in [-0.25, -0.2) is 0 Å². The Kier molecular flexibility index (Phi) is 3.98. The molecule has 1 aromatic heterocycles. The van der Waals surface area contributed by atoms with E-state index in [2.05, 4.69) is 5.32 Å². The molecule has 0 aliphatic rings. The number of nitrogens with one attached hydrogen (secondary N) is 1. The fourth-order valence-electron chi connectivity index (χ4n) is 2.39. The highest BCUT2D eigenvalue weighted by Crippen LogP contribution is 2.17. The molecule has 0 spiro atoms. The molecule has 4 nitrogen and oxygen atoms in total. The first-order valence-electron chi connectivity index (χ1n) is 6.87. The second-order valence-electron chi connectivity index (χ2n) is 5.48. The smallest absolute Gasteiger partial charge is 0.263 e. The molecule has 0 aliphatic heterocycles. The Morgan fingerprint density at radius 1 is 1.05 bits per heavy atom. The van der Waals surface area contributed by atoms with Crippen LogP contribution in [0, 0.1) is 27.7 Å². The van der Waals surface area contributed by atoms with E-state index in [1.165, 1.54) is 4.57 Å². The van der Waals surface area contributed by atoms with Crippen LogP contribution in [0.4, 0.5) is 5.69 Å². The maximum absolute atomic E-state index is 12.4. The van der Waals surface area contributed by atoms with Gasteiger partial charge in [0, 0.05) is 18.4 Å². The minimum absolute atomic E-state index is 0.197. The number of amides is 1. The summed E-state index contributed by atoms with van der Waals surface area (Å²) in [6.45, 7) is 7.56. The van der Waals surface area contributed by atoms with Crippen molar-refractivity contribution < 1.29 is 4.79 Å². The molecule has 0 radical (unpaired) electrons. The van der Waals surface area contributed by atoms with Gasteiger partial charge in [-0.05, 0) is 51.0 Å². The number of aromatic nitrogens is 1. The monoisotopic (exact) mass is 284 g/mol. The summed E-state index contributed by atoms with van der Waals surface area (Å²) in [4.78, 5) is 24.7. The zero-order chi connectivity index (χ0) is 15.7. The fraction of sp³-hybridized carbons (Fsp3) is 0.294. The largest absolute Gasteiger partial charge is 0.322 e. The summed E-state index contributed by atoms with van der Waals surface area (Å²) in [6, 6.07) is 7.63. The van der Waals surface area contributed by atoms with Crippen molar-refractivity contribution >= 4 is 11.6 Å².